The zero-order chi connectivity index (χ0) is 10.6. The molecule has 0 amide bonds. The number of esters is 1. The first-order valence-corrected chi connectivity index (χ1v) is 5.21. The third-order valence-corrected chi connectivity index (χ3v) is 2.48. The van der Waals surface area contributed by atoms with Crippen molar-refractivity contribution in [1.29, 1.82) is 0 Å². The first kappa shape index (κ1) is 10.9. The maximum atomic E-state index is 11.2. The SMILES string of the molecule is CCSc1cc(O)cc(C(=O)OC)c1. The van der Waals surface area contributed by atoms with Gasteiger partial charge in [-0.05, 0) is 24.0 Å². The Morgan fingerprint density at radius 1 is 1.50 bits per heavy atom. The molecule has 76 valence electrons. The number of benzene rings is 1. The van der Waals surface area contributed by atoms with Gasteiger partial charge in [0.15, 0.2) is 0 Å². The Morgan fingerprint density at radius 2 is 2.21 bits per heavy atom. The van der Waals surface area contributed by atoms with Crippen LogP contribution in [0.1, 0.15) is 17.3 Å². The monoisotopic (exact) mass is 212 g/mol. The quantitative estimate of drug-likeness (QED) is 0.617. The van der Waals surface area contributed by atoms with Gasteiger partial charge in [-0.1, -0.05) is 6.92 Å². The highest BCUT2D eigenvalue weighted by molar-refractivity contribution is 7.99. The molecule has 0 saturated heterocycles. The number of phenolic OH excluding ortho intramolecular Hbond substituents is 1. The highest BCUT2D eigenvalue weighted by atomic mass is 32.2. The molecule has 3 nitrogen and oxygen atoms in total. The van der Waals surface area contributed by atoms with Crippen LogP contribution in [0, 0.1) is 0 Å². The second-order valence-electron chi connectivity index (χ2n) is 2.64. The summed E-state index contributed by atoms with van der Waals surface area (Å²) in [5.74, 6) is 0.548. The zero-order valence-corrected chi connectivity index (χ0v) is 8.93. The molecule has 0 heterocycles. The molecule has 1 aromatic rings. The normalized spacial score (nSPS) is 9.86. The second kappa shape index (κ2) is 4.91. The molecule has 0 aliphatic heterocycles. The molecule has 0 saturated carbocycles. The number of aromatic hydroxyl groups is 1. The summed E-state index contributed by atoms with van der Waals surface area (Å²) in [7, 11) is 1.32. The number of phenols is 1. The predicted molar refractivity (Wildman–Crippen MR) is 55.8 cm³/mol. The molecule has 0 aliphatic carbocycles. The lowest BCUT2D eigenvalue weighted by molar-refractivity contribution is 0.0600. The largest absolute Gasteiger partial charge is 0.508 e. The van der Waals surface area contributed by atoms with E-state index in [1.807, 2.05) is 6.92 Å². The summed E-state index contributed by atoms with van der Waals surface area (Å²) in [4.78, 5) is 12.0. The molecule has 0 spiro atoms. The molecule has 0 aromatic heterocycles. The number of hydrogen-bond donors (Lipinski definition) is 1. The highest BCUT2D eigenvalue weighted by Gasteiger charge is 2.08. The van der Waals surface area contributed by atoms with Crippen LogP contribution in [0.3, 0.4) is 0 Å². The van der Waals surface area contributed by atoms with E-state index in [-0.39, 0.29) is 5.75 Å². The molecule has 0 aliphatic rings. The lowest BCUT2D eigenvalue weighted by atomic mass is 10.2. The van der Waals surface area contributed by atoms with E-state index in [4.69, 9.17) is 0 Å². The van der Waals surface area contributed by atoms with Crippen molar-refractivity contribution in [2.24, 2.45) is 0 Å². The summed E-state index contributed by atoms with van der Waals surface area (Å²) in [5.41, 5.74) is 0.378. The fourth-order valence-corrected chi connectivity index (χ4v) is 1.82. The molecule has 0 atom stereocenters. The molecule has 0 fully saturated rings. The Balaban J connectivity index is 3.00. The molecule has 1 aromatic carbocycles. The van der Waals surface area contributed by atoms with Gasteiger partial charge in [0.2, 0.25) is 0 Å². The van der Waals surface area contributed by atoms with Crippen LogP contribution in [0.2, 0.25) is 0 Å². The van der Waals surface area contributed by atoms with Crippen LogP contribution in [-0.4, -0.2) is 23.9 Å². The van der Waals surface area contributed by atoms with Gasteiger partial charge >= 0.3 is 5.97 Å². The number of rotatable bonds is 3. The molecule has 1 rings (SSSR count). The summed E-state index contributed by atoms with van der Waals surface area (Å²) in [5, 5.41) is 9.34. The van der Waals surface area contributed by atoms with Crippen LogP contribution < -0.4 is 0 Å². The summed E-state index contributed by atoms with van der Waals surface area (Å²) < 4.78 is 4.57. The molecule has 4 heteroatoms. The smallest absolute Gasteiger partial charge is 0.338 e. The average molecular weight is 212 g/mol. The van der Waals surface area contributed by atoms with E-state index in [1.54, 1.807) is 23.9 Å². The minimum Gasteiger partial charge on any atom is -0.508 e. The molecule has 0 unspecified atom stereocenters. The standard InChI is InChI=1S/C10H12O3S/c1-3-14-9-5-7(10(12)13-2)4-8(11)6-9/h4-6,11H,3H2,1-2H3. The fourth-order valence-electron chi connectivity index (χ4n) is 1.07. The lowest BCUT2D eigenvalue weighted by Crippen LogP contribution is -2.00. The third kappa shape index (κ3) is 2.67. The van der Waals surface area contributed by atoms with Gasteiger partial charge in [-0.3, -0.25) is 0 Å². The number of ether oxygens (including phenoxy) is 1. The Kier molecular flexibility index (Phi) is 3.83. The third-order valence-electron chi connectivity index (χ3n) is 1.62. The van der Waals surface area contributed by atoms with Gasteiger partial charge < -0.3 is 9.84 Å². The van der Waals surface area contributed by atoms with Crippen molar-refractivity contribution < 1.29 is 14.6 Å². The van der Waals surface area contributed by atoms with Gasteiger partial charge in [0.1, 0.15) is 5.75 Å². The minimum atomic E-state index is -0.432. The van der Waals surface area contributed by atoms with Gasteiger partial charge in [0.05, 0.1) is 12.7 Å². The van der Waals surface area contributed by atoms with Gasteiger partial charge in [0.25, 0.3) is 0 Å². The van der Waals surface area contributed by atoms with E-state index in [0.717, 1.165) is 10.6 Å². The van der Waals surface area contributed by atoms with Crippen LogP contribution in [0.5, 0.6) is 5.75 Å². The molecular formula is C10H12O3S. The van der Waals surface area contributed by atoms with Crippen LogP contribution >= 0.6 is 11.8 Å². The van der Waals surface area contributed by atoms with Crippen LogP contribution in [0.25, 0.3) is 0 Å². The first-order valence-electron chi connectivity index (χ1n) is 4.22. The number of thioether (sulfide) groups is 1. The lowest BCUT2D eigenvalue weighted by Gasteiger charge is -2.03. The van der Waals surface area contributed by atoms with Crippen molar-refractivity contribution in [1.82, 2.24) is 0 Å². The van der Waals surface area contributed by atoms with E-state index in [1.165, 1.54) is 13.2 Å². The molecule has 0 bridgehead atoms. The maximum Gasteiger partial charge on any atom is 0.338 e. The number of methoxy groups -OCH3 is 1. The van der Waals surface area contributed by atoms with Crippen molar-refractivity contribution in [3.05, 3.63) is 23.8 Å². The van der Waals surface area contributed by atoms with E-state index >= 15 is 0 Å². The highest BCUT2D eigenvalue weighted by Crippen LogP contribution is 2.24. The summed E-state index contributed by atoms with van der Waals surface area (Å²) in [6.45, 7) is 2.01. The Labute approximate surface area is 87.1 Å². The number of hydrogen-bond acceptors (Lipinski definition) is 4. The van der Waals surface area contributed by atoms with E-state index in [0.29, 0.717) is 5.56 Å². The molecule has 14 heavy (non-hydrogen) atoms. The topological polar surface area (TPSA) is 46.5 Å². The predicted octanol–water partition coefficient (Wildman–Crippen LogP) is 2.29. The van der Waals surface area contributed by atoms with Crippen molar-refractivity contribution in [3.8, 4) is 5.75 Å². The van der Waals surface area contributed by atoms with Gasteiger partial charge in [-0.15, -0.1) is 11.8 Å². The van der Waals surface area contributed by atoms with Crippen LogP contribution in [0.4, 0.5) is 0 Å². The molecule has 0 radical (unpaired) electrons. The van der Waals surface area contributed by atoms with Crippen molar-refractivity contribution in [2.45, 2.75) is 11.8 Å². The van der Waals surface area contributed by atoms with E-state index < -0.39 is 5.97 Å². The maximum absolute atomic E-state index is 11.2. The second-order valence-corrected chi connectivity index (χ2v) is 3.98. The number of carbonyl (C=O) groups is 1. The molecule has 1 N–H and O–H groups in total. The molecular weight excluding hydrogens is 200 g/mol. The zero-order valence-electron chi connectivity index (χ0n) is 8.11. The number of carbonyl (C=O) groups excluding carboxylic acids is 1. The average Bonchev–Trinajstić information content (AvgIpc) is 2.16. The van der Waals surface area contributed by atoms with Gasteiger partial charge in [-0.25, -0.2) is 4.79 Å². The Morgan fingerprint density at radius 3 is 2.79 bits per heavy atom. The van der Waals surface area contributed by atoms with Crippen molar-refractivity contribution in [3.63, 3.8) is 0 Å². The minimum absolute atomic E-state index is 0.0869. The van der Waals surface area contributed by atoms with Crippen LogP contribution in [0.15, 0.2) is 23.1 Å². The van der Waals surface area contributed by atoms with E-state index in [9.17, 15) is 9.90 Å². The summed E-state index contributed by atoms with van der Waals surface area (Å²) in [6, 6.07) is 4.73. The van der Waals surface area contributed by atoms with Crippen molar-refractivity contribution in [2.75, 3.05) is 12.9 Å². The Hall–Kier alpha value is -1.16. The Bertz CT molecular complexity index is 336. The van der Waals surface area contributed by atoms with Gasteiger partial charge in [0, 0.05) is 4.90 Å². The van der Waals surface area contributed by atoms with E-state index in [2.05, 4.69) is 4.74 Å². The first-order chi connectivity index (χ1) is 6.67. The van der Waals surface area contributed by atoms with Crippen LogP contribution in [-0.2, 0) is 4.74 Å². The van der Waals surface area contributed by atoms with Crippen molar-refractivity contribution >= 4 is 17.7 Å². The summed E-state index contributed by atoms with van der Waals surface area (Å²) >= 11 is 1.56. The van der Waals surface area contributed by atoms with Gasteiger partial charge in [-0.2, -0.15) is 0 Å². The summed E-state index contributed by atoms with van der Waals surface area (Å²) in [6.07, 6.45) is 0. The fraction of sp³-hybridized carbons (Fsp3) is 0.300.